The smallest absolute Gasteiger partial charge is 0.313 e. The molecule has 1 rings (SSSR count). The summed E-state index contributed by atoms with van der Waals surface area (Å²) in [5, 5.41) is 1.98. The summed E-state index contributed by atoms with van der Waals surface area (Å²) >= 11 is 1.58. The molecule has 1 aromatic rings. The Balaban J connectivity index is 2.99. The van der Waals surface area contributed by atoms with Gasteiger partial charge in [0, 0.05) is 4.88 Å². The van der Waals surface area contributed by atoms with Crippen molar-refractivity contribution in [3.05, 3.63) is 21.9 Å². The highest BCUT2D eigenvalue weighted by molar-refractivity contribution is 7.10. The molecule has 0 aromatic carbocycles. The molecule has 3 nitrogen and oxygen atoms in total. The van der Waals surface area contributed by atoms with Crippen LogP contribution in [0.15, 0.2) is 11.4 Å². The Morgan fingerprint density at radius 3 is 2.60 bits per heavy atom. The van der Waals surface area contributed by atoms with Gasteiger partial charge in [0.15, 0.2) is 0 Å². The first-order chi connectivity index (χ1) is 6.91. The number of rotatable bonds is 3. The van der Waals surface area contributed by atoms with E-state index in [2.05, 4.69) is 0 Å². The lowest BCUT2D eigenvalue weighted by Crippen LogP contribution is -2.37. The number of hydrogen-bond donors (Lipinski definition) is 1. The van der Waals surface area contributed by atoms with Crippen LogP contribution in [0.1, 0.15) is 30.3 Å². The van der Waals surface area contributed by atoms with Gasteiger partial charge in [0.05, 0.1) is 18.6 Å². The molecule has 0 aliphatic heterocycles. The van der Waals surface area contributed by atoms with Gasteiger partial charge < -0.3 is 10.5 Å². The molecule has 1 unspecified atom stereocenters. The van der Waals surface area contributed by atoms with Crippen LogP contribution < -0.4 is 5.73 Å². The molecule has 0 aliphatic rings. The highest BCUT2D eigenvalue weighted by atomic mass is 32.1. The first-order valence-electron chi connectivity index (χ1n) is 4.79. The second kappa shape index (κ2) is 4.33. The lowest BCUT2D eigenvalue weighted by molar-refractivity contribution is -0.152. The number of esters is 1. The van der Waals surface area contributed by atoms with Crippen molar-refractivity contribution >= 4 is 17.3 Å². The van der Waals surface area contributed by atoms with Crippen LogP contribution in [-0.4, -0.2) is 13.1 Å². The second-order valence-corrected chi connectivity index (χ2v) is 5.11. The van der Waals surface area contributed by atoms with Gasteiger partial charge in [0.25, 0.3) is 0 Å². The molecule has 4 heteroatoms. The monoisotopic (exact) mass is 227 g/mol. The number of hydrogen-bond acceptors (Lipinski definition) is 4. The average molecular weight is 227 g/mol. The fourth-order valence-electron chi connectivity index (χ4n) is 1.42. The van der Waals surface area contributed by atoms with Crippen LogP contribution >= 0.6 is 11.3 Å². The summed E-state index contributed by atoms with van der Waals surface area (Å²) in [6, 6.07) is 1.69. The van der Waals surface area contributed by atoms with Crippen molar-refractivity contribution in [2.75, 3.05) is 7.11 Å². The molecule has 15 heavy (non-hydrogen) atoms. The summed E-state index contributed by atoms with van der Waals surface area (Å²) in [6.45, 7) is 5.62. The summed E-state index contributed by atoms with van der Waals surface area (Å²) in [4.78, 5) is 12.6. The molecule has 0 saturated carbocycles. The van der Waals surface area contributed by atoms with Gasteiger partial charge in [-0.2, -0.15) is 0 Å². The van der Waals surface area contributed by atoms with Gasteiger partial charge >= 0.3 is 5.97 Å². The molecule has 0 aliphatic carbocycles. The maximum atomic E-state index is 11.6. The lowest BCUT2D eigenvalue weighted by Gasteiger charge is -2.28. The Morgan fingerprint density at radius 2 is 2.20 bits per heavy atom. The molecular weight excluding hydrogens is 210 g/mol. The normalized spacial score (nSPS) is 13.7. The van der Waals surface area contributed by atoms with E-state index in [1.165, 1.54) is 7.11 Å². The van der Waals surface area contributed by atoms with Crippen molar-refractivity contribution in [2.45, 2.75) is 26.8 Å². The zero-order valence-corrected chi connectivity index (χ0v) is 10.4. The number of ether oxygens (including phenoxy) is 1. The number of methoxy groups -OCH3 is 1. The van der Waals surface area contributed by atoms with E-state index in [1.807, 2.05) is 32.2 Å². The van der Waals surface area contributed by atoms with E-state index in [0.29, 0.717) is 0 Å². The minimum Gasteiger partial charge on any atom is -0.469 e. The van der Waals surface area contributed by atoms with Crippen molar-refractivity contribution < 1.29 is 9.53 Å². The van der Waals surface area contributed by atoms with Crippen molar-refractivity contribution in [1.82, 2.24) is 0 Å². The molecule has 0 amide bonds. The molecular formula is C11H17NO2S. The van der Waals surface area contributed by atoms with E-state index in [9.17, 15) is 4.79 Å². The largest absolute Gasteiger partial charge is 0.469 e. The second-order valence-electron chi connectivity index (χ2n) is 4.16. The maximum Gasteiger partial charge on any atom is 0.313 e. The van der Waals surface area contributed by atoms with E-state index in [0.717, 1.165) is 10.4 Å². The maximum absolute atomic E-state index is 11.6. The Bertz CT molecular complexity index is 357. The minimum absolute atomic E-state index is 0.275. The number of carbonyl (C=O) groups is 1. The molecule has 0 fully saturated rings. The third-order valence-electron chi connectivity index (χ3n) is 2.67. The molecule has 2 N–H and O–H groups in total. The summed E-state index contributed by atoms with van der Waals surface area (Å²) in [5.41, 5.74) is 6.54. The number of carbonyl (C=O) groups excluding carboxylic acids is 1. The fourth-order valence-corrected chi connectivity index (χ4v) is 2.53. The number of aryl methyl sites for hydroxylation is 1. The van der Waals surface area contributed by atoms with E-state index in [-0.39, 0.29) is 12.0 Å². The van der Waals surface area contributed by atoms with Gasteiger partial charge in [-0.3, -0.25) is 4.79 Å². The van der Waals surface area contributed by atoms with Crippen molar-refractivity contribution in [3.8, 4) is 0 Å². The fraction of sp³-hybridized carbons (Fsp3) is 0.545. The van der Waals surface area contributed by atoms with Gasteiger partial charge in [-0.05, 0) is 37.8 Å². The average Bonchev–Trinajstić information content (AvgIpc) is 2.61. The van der Waals surface area contributed by atoms with Gasteiger partial charge in [-0.25, -0.2) is 0 Å². The summed E-state index contributed by atoms with van der Waals surface area (Å²) < 4.78 is 4.76. The van der Waals surface area contributed by atoms with Crippen LogP contribution in [0.4, 0.5) is 0 Å². The van der Waals surface area contributed by atoms with Gasteiger partial charge in [0.2, 0.25) is 0 Å². The first kappa shape index (κ1) is 12.2. The zero-order chi connectivity index (χ0) is 11.6. The van der Waals surface area contributed by atoms with Crippen LogP contribution in [0, 0.1) is 12.3 Å². The topological polar surface area (TPSA) is 52.3 Å². The molecule has 0 bridgehead atoms. The van der Waals surface area contributed by atoms with Crippen LogP contribution in [0.25, 0.3) is 0 Å². The predicted octanol–water partition coefficient (Wildman–Crippen LogP) is 2.26. The molecule has 0 radical (unpaired) electrons. The van der Waals surface area contributed by atoms with Crippen molar-refractivity contribution in [3.63, 3.8) is 0 Å². The van der Waals surface area contributed by atoms with Crippen LogP contribution in [0.3, 0.4) is 0 Å². The molecule has 1 heterocycles. The van der Waals surface area contributed by atoms with Crippen LogP contribution in [0.2, 0.25) is 0 Å². The third-order valence-corrected chi connectivity index (χ3v) is 3.78. The molecule has 0 saturated heterocycles. The van der Waals surface area contributed by atoms with Crippen LogP contribution in [-0.2, 0) is 9.53 Å². The lowest BCUT2D eigenvalue weighted by atomic mass is 9.83. The van der Waals surface area contributed by atoms with Crippen molar-refractivity contribution in [1.29, 1.82) is 0 Å². The Labute approximate surface area is 94.2 Å². The van der Waals surface area contributed by atoms with Crippen LogP contribution in [0.5, 0.6) is 0 Å². The summed E-state index contributed by atoms with van der Waals surface area (Å²) in [6.07, 6.45) is 0. The summed E-state index contributed by atoms with van der Waals surface area (Å²) in [7, 11) is 1.39. The zero-order valence-electron chi connectivity index (χ0n) is 9.53. The Hall–Kier alpha value is -0.870. The highest BCUT2D eigenvalue weighted by Crippen LogP contribution is 2.36. The van der Waals surface area contributed by atoms with Gasteiger partial charge in [0.1, 0.15) is 0 Å². The van der Waals surface area contributed by atoms with E-state index in [1.54, 1.807) is 11.3 Å². The SMILES string of the molecule is COC(=O)C(C)(C)C(N)c1sccc1C. The summed E-state index contributed by atoms with van der Waals surface area (Å²) in [5.74, 6) is -0.275. The quantitative estimate of drug-likeness (QED) is 0.806. The van der Waals surface area contributed by atoms with E-state index >= 15 is 0 Å². The van der Waals surface area contributed by atoms with Gasteiger partial charge in [-0.1, -0.05) is 0 Å². The highest BCUT2D eigenvalue weighted by Gasteiger charge is 2.37. The predicted molar refractivity (Wildman–Crippen MR) is 61.8 cm³/mol. The minimum atomic E-state index is -0.690. The molecule has 1 aromatic heterocycles. The molecule has 1 atom stereocenters. The standard InChI is InChI=1S/C11H17NO2S/c1-7-5-6-15-8(7)9(12)11(2,3)10(13)14-4/h5-6,9H,12H2,1-4H3. The van der Waals surface area contributed by atoms with Gasteiger partial charge in [-0.15, -0.1) is 11.3 Å². The van der Waals surface area contributed by atoms with Crippen molar-refractivity contribution in [2.24, 2.45) is 11.1 Å². The van der Waals surface area contributed by atoms with E-state index in [4.69, 9.17) is 10.5 Å². The molecule has 84 valence electrons. The Kier molecular flexibility index (Phi) is 3.52. The number of thiophene rings is 1. The number of nitrogens with two attached hydrogens (primary N) is 1. The van der Waals surface area contributed by atoms with E-state index < -0.39 is 5.41 Å². The molecule has 0 spiro atoms. The third kappa shape index (κ3) is 2.21. The first-order valence-corrected chi connectivity index (χ1v) is 5.67. The Morgan fingerprint density at radius 1 is 1.60 bits per heavy atom.